The smallest absolute Gasteiger partial charge is 0.233 e. The van der Waals surface area contributed by atoms with Crippen molar-refractivity contribution >= 4 is 11.8 Å². The lowest BCUT2D eigenvalue weighted by atomic mass is 9.94. The maximum Gasteiger partial charge on any atom is 0.233 e. The molecule has 98 valence electrons. The Bertz CT molecular complexity index is 469. The van der Waals surface area contributed by atoms with Crippen molar-refractivity contribution < 1.29 is 14.0 Å². The molecule has 0 aliphatic heterocycles. The van der Waals surface area contributed by atoms with Crippen LogP contribution in [0, 0.1) is 5.82 Å². The molecule has 0 saturated carbocycles. The number of benzene rings is 1. The second kappa shape index (κ2) is 5.76. The molecule has 1 unspecified atom stereocenters. The van der Waals surface area contributed by atoms with E-state index in [1.807, 2.05) is 13.8 Å². The molecule has 0 aromatic heterocycles. The zero-order valence-corrected chi connectivity index (χ0v) is 11.1. The molecule has 2 amide bonds. The van der Waals surface area contributed by atoms with Gasteiger partial charge in [0.2, 0.25) is 11.8 Å². The summed E-state index contributed by atoms with van der Waals surface area (Å²) >= 11 is 0. The number of carbonyl (C=O) groups excluding carboxylic acids is 2. The second-order valence-corrected chi connectivity index (χ2v) is 4.70. The standard InChI is InChI=1S/C14H18FNO2/c1-8(2)12-7-11(5-6-13(12)15)9(3)14(18)16-10(4)17/h5-9H,1-4H3,(H,16,17,18). The fraction of sp³-hybridized carbons (Fsp3) is 0.429. The summed E-state index contributed by atoms with van der Waals surface area (Å²) in [7, 11) is 0. The SMILES string of the molecule is CC(=O)NC(=O)C(C)c1ccc(F)c(C(C)C)c1. The van der Waals surface area contributed by atoms with E-state index in [-0.39, 0.29) is 17.6 Å². The van der Waals surface area contributed by atoms with Crippen molar-refractivity contribution in [3.05, 3.63) is 35.1 Å². The number of nitrogens with one attached hydrogen (secondary N) is 1. The molecular formula is C14H18FNO2. The van der Waals surface area contributed by atoms with Crippen molar-refractivity contribution in [3.8, 4) is 0 Å². The van der Waals surface area contributed by atoms with Crippen molar-refractivity contribution in [3.63, 3.8) is 0 Å². The first-order chi connectivity index (χ1) is 8.32. The molecule has 3 nitrogen and oxygen atoms in total. The largest absolute Gasteiger partial charge is 0.296 e. The monoisotopic (exact) mass is 251 g/mol. The summed E-state index contributed by atoms with van der Waals surface area (Å²) in [5.41, 5.74) is 1.29. The van der Waals surface area contributed by atoms with Gasteiger partial charge in [-0.1, -0.05) is 26.0 Å². The first-order valence-electron chi connectivity index (χ1n) is 5.93. The van der Waals surface area contributed by atoms with E-state index in [1.165, 1.54) is 13.0 Å². The van der Waals surface area contributed by atoms with Gasteiger partial charge in [-0.3, -0.25) is 14.9 Å². The lowest BCUT2D eigenvalue weighted by Crippen LogP contribution is -2.31. The molecule has 0 spiro atoms. The maximum absolute atomic E-state index is 13.5. The Morgan fingerprint density at radius 2 is 1.83 bits per heavy atom. The zero-order chi connectivity index (χ0) is 13.9. The predicted octanol–water partition coefficient (Wildman–Crippen LogP) is 2.72. The minimum Gasteiger partial charge on any atom is -0.296 e. The molecule has 0 aliphatic carbocycles. The van der Waals surface area contributed by atoms with Gasteiger partial charge < -0.3 is 0 Å². The molecule has 1 aromatic rings. The van der Waals surface area contributed by atoms with Gasteiger partial charge in [0.1, 0.15) is 5.82 Å². The van der Waals surface area contributed by atoms with Crippen molar-refractivity contribution in [1.82, 2.24) is 5.32 Å². The zero-order valence-electron chi connectivity index (χ0n) is 11.1. The van der Waals surface area contributed by atoms with Gasteiger partial charge >= 0.3 is 0 Å². The number of hydrogen-bond acceptors (Lipinski definition) is 2. The van der Waals surface area contributed by atoms with E-state index in [0.717, 1.165) is 0 Å². The Labute approximate surface area is 106 Å². The first-order valence-corrected chi connectivity index (χ1v) is 5.93. The fourth-order valence-corrected chi connectivity index (χ4v) is 1.71. The van der Waals surface area contributed by atoms with Gasteiger partial charge in [0.05, 0.1) is 5.92 Å². The topological polar surface area (TPSA) is 46.2 Å². The van der Waals surface area contributed by atoms with Crippen LogP contribution in [0.25, 0.3) is 0 Å². The van der Waals surface area contributed by atoms with E-state index in [0.29, 0.717) is 11.1 Å². The van der Waals surface area contributed by atoms with E-state index in [9.17, 15) is 14.0 Å². The van der Waals surface area contributed by atoms with Crippen LogP contribution in [0.3, 0.4) is 0 Å². The number of imide groups is 1. The van der Waals surface area contributed by atoms with Crippen molar-refractivity contribution in [1.29, 1.82) is 0 Å². The Morgan fingerprint density at radius 1 is 1.22 bits per heavy atom. The van der Waals surface area contributed by atoms with Crippen LogP contribution in [-0.2, 0) is 9.59 Å². The number of amides is 2. The Hall–Kier alpha value is -1.71. The van der Waals surface area contributed by atoms with Crippen molar-refractivity contribution in [2.24, 2.45) is 0 Å². The van der Waals surface area contributed by atoms with E-state index in [2.05, 4.69) is 5.32 Å². The molecule has 1 atom stereocenters. The molecule has 1 rings (SSSR count). The van der Waals surface area contributed by atoms with Crippen LogP contribution in [0.1, 0.15) is 50.7 Å². The van der Waals surface area contributed by atoms with Gasteiger partial charge in [-0.2, -0.15) is 0 Å². The molecular weight excluding hydrogens is 233 g/mol. The van der Waals surface area contributed by atoms with Gasteiger partial charge in [-0.15, -0.1) is 0 Å². The number of rotatable bonds is 3. The highest BCUT2D eigenvalue weighted by Gasteiger charge is 2.18. The Balaban J connectivity index is 2.99. The van der Waals surface area contributed by atoms with Gasteiger partial charge in [-0.05, 0) is 30.0 Å². The van der Waals surface area contributed by atoms with Crippen LogP contribution in [0.2, 0.25) is 0 Å². The molecule has 0 saturated heterocycles. The molecule has 1 N–H and O–H groups in total. The van der Waals surface area contributed by atoms with E-state index >= 15 is 0 Å². The highest BCUT2D eigenvalue weighted by atomic mass is 19.1. The minimum atomic E-state index is -0.480. The van der Waals surface area contributed by atoms with Crippen LogP contribution < -0.4 is 5.32 Å². The van der Waals surface area contributed by atoms with Gasteiger partial charge in [-0.25, -0.2) is 4.39 Å². The summed E-state index contributed by atoms with van der Waals surface area (Å²) in [4.78, 5) is 22.5. The van der Waals surface area contributed by atoms with E-state index in [4.69, 9.17) is 0 Å². The lowest BCUT2D eigenvalue weighted by Gasteiger charge is -2.14. The third-order valence-electron chi connectivity index (χ3n) is 2.83. The molecule has 0 bridgehead atoms. The van der Waals surface area contributed by atoms with Crippen LogP contribution in [-0.4, -0.2) is 11.8 Å². The molecule has 0 heterocycles. The molecule has 1 aromatic carbocycles. The van der Waals surface area contributed by atoms with Crippen LogP contribution >= 0.6 is 0 Å². The van der Waals surface area contributed by atoms with Crippen LogP contribution in [0.4, 0.5) is 4.39 Å². The molecule has 4 heteroatoms. The van der Waals surface area contributed by atoms with E-state index in [1.54, 1.807) is 19.1 Å². The summed E-state index contributed by atoms with van der Waals surface area (Å²) < 4.78 is 13.5. The first kappa shape index (κ1) is 14.4. The summed E-state index contributed by atoms with van der Waals surface area (Å²) in [5, 5.41) is 2.23. The molecule has 0 fully saturated rings. The van der Waals surface area contributed by atoms with Crippen molar-refractivity contribution in [2.75, 3.05) is 0 Å². The highest BCUT2D eigenvalue weighted by Crippen LogP contribution is 2.24. The highest BCUT2D eigenvalue weighted by molar-refractivity contribution is 5.97. The predicted molar refractivity (Wildman–Crippen MR) is 67.7 cm³/mol. The van der Waals surface area contributed by atoms with Crippen LogP contribution in [0.5, 0.6) is 0 Å². The minimum absolute atomic E-state index is 0.0491. The molecule has 0 radical (unpaired) electrons. The number of hydrogen-bond donors (Lipinski definition) is 1. The normalized spacial score (nSPS) is 12.3. The third kappa shape index (κ3) is 3.39. The van der Waals surface area contributed by atoms with Gasteiger partial charge in [0.15, 0.2) is 0 Å². The molecule has 18 heavy (non-hydrogen) atoms. The lowest BCUT2D eigenvalue weighted by molar-refractivity contribution is -0.129. The summed E-state index contributed by atoms with van der Waals surface area (Å²) in [6.45, 7) is 6.76. The molecule has 0 aliphatic rings. The van der Waals surface area contributed by atoms with Crippen molar-refractivity contribution in [2.45, 2.75) is 39.5 Å². The Kier molecular flexibility index (Phi) is 4.59. The summed E-state index contributed by atoms with van der Waals surface area (Å²) in [5.74, 6) is -1.46. The summed E-state index contributed by atoms with van der Waals surface area (Å²) in [6.07, 6.45) is 0. The fourth-order valence-electron chi connectivity index (χ4n) is 1.71. The van der Waals surface area contributed by atoms with Crippen LogP contribution in [0.15, 0.2) is 18.2 Å². The quantitative estimate of drug-likeness (QED) is 0.897. The second-order valence-electron chi connectivity index (χ2n) is 4.70. The van der Waals surface area contributed by atoms with Gasteiger partial charge in [0, 0.05) is 6.92 Å². The van der Waals surface area contributed by atoms with E-state index < -0.39 is 11.8 Å². The van der Waals surface area contributed by atoms with Gasteiger partial charge in [0.25, 0.3) is 0 Å². The average Bonchev–Trinajstić information content (AvgIpc) is 2.27. The number of halogens is 1. The summed E-state index contributed by atoms with van der Waals surface area (Å²) in [6, 6.07) is 4.62. The Morgan fingerprint density at radius 3 is 2.33 bits per heavy atom. The maximum atomic E-state index is 13.5. The average molecular weight is 251 g/mol. The number of carbonyl (C=O) groups is 2. The third-order valence-corrected chi connectivity index (χ3v) is 2.83.